The first kappa shape index (κ1) is 11.3. The second-order valence-corrected chi connectivity index (χ2v) is 4.30. The molecule has 0 radical (unpaired) electrons. The van der Waals surface area contributed by atoms with Crippen molar-refractivity contribution in [3.05, 3.63) is 24.3 Å². The predicted molar refractivity (Wildman–Crippen MR) is 64.1 cm³/mol. The molecule has 1 atom stereocenters. The summed E-state index contributed by atoms with van der Waals surface area (Å²) in [6.07, 6.45) is 2.62. The van der Waals surface area contributed by atoms with Gasteiger partial charge in [-0.2, -0.15) is 0 Å². The highest BCUT2D eigenvalue weighted by molar-refractivity contribution is 5.39. The largest absolute Gasteiger partial charge is 0.493 e. The summed E-state index contributed by atoms with van der Waals surface area (Å²) in [6, 6.07) is 7.83. The molecule has 1 aromatic carbocycles. The third-order valence-electron chi connectivity index (χ3n) is 2.94. The highest BCUT2D eigenvalue weighted by Gasteiger charge is 2.19. The summed E-state index contributed by atoms with van der Waals surface area (Å²) in [5, 5.41) is 0. The van der Waals surface area contributed by atoms with Gasteiger partial charge in [-0.1, -0.05) is 12.1 Å². The lowest BCUT2D eigenvalue weighted by molar-refractivity contribution is 0.101. The maximum atomic E-state index is 5.98. The molecule has 0 saturated carbocycles. The molecule has 0 spiro atoms. The van der Waals surface area contributed by atoms with Gasteiger partial charge in [0.25, 0.3) is 0 Å². The fourth-order valence-corrected chi connectivity index (χ4v) is 2.11. The average Bonchev–Trinajstić information content (AvgIpc) is 2.30. The molecular formula is C13H19NO2. The van der Waals surface area contributed by atoms with Crippen LogP contribution in [-0.4, -0.2) is 38.3 Å². The third-order valence-corrected chi connectivity index (χ3v) is 2.94. The maximum absolute atomic E-state index is 5.98. The van der Waals surface area contributed by atoms with Crippen molar-refractivity contribution < 1.29 is 9.47 Å². The molecule has 0 aliphatic carbocycles. The Morgan fingerprint density at radius 3 is 2.69 bits per heavy atom. The Hall–Kier alpha value is -1.22. The van der Waals surface area contributed by atoms with Gasteiger partial charge in [-0.15, -0.1) is 0 Å². The molecule has 2 rings (SSSR count). The lowest BCUT2D eigenvalue weighted by Gasteiger charge is -2.30. The van der Waals surface area contributed by atoms with E-state index in [4.69, 9.17) is 9.47 Å². The molecule has 3 nitrogen and oxygen atoms in total. The van der Waals surface area contributed by atoms with Gasteiger partial charge >= 0.3 is 0 Å². The van der Waals surface area contributed by atoms with Gasteiger partial charge in [-0.05, 0) is 38.6 Å². The number of ether oxygens (including phenoxy) is 2. The van der Waals surface area contributed by atoms with Gasteiger partial charge < -0.3 is 14.4 Å². The fraction of sp³-hybridized carbons (Fsp3) is 0.538. The van der Waals surface area contributed by atoms with Crippen LogP contribution in [0.25, 0.3) is 0 Å². The number of rotatable bonds is 3. The van der Waals surface area contributed by atoms with E-state index in [0.29, 0.717) is 0 Å². The number of hydrogen-bond acceptors (Lipinski definition) is 3. The second-order valence-electron chi connectivity index (χ2n) is 4.30. The van der Waals surface area contributed by atoms with Crippen molar-refractivity contribution in [2.75, 3.05) is 27.2 Å². The van der Waals surface area contributed by atoms with Crippen molar-refractivity contribution >= 4 is 0 Å². The summed E-state index contributed by atoms with van der Waals surface area (Å²) in [5.74, 6) is 1.67. The van der Waals surface area contributed by atoms with Crippen molar-refractivity contribution in [2.45, 2.75) is 18.9 Å². The van der Waals surface area contributed by atoms with Gasteiger partial charge in [-0.25, -0.2) is 0 Å². The van der Waals surface area contributed by atoms with Crippen LogP contribution in [0.2, 0.25) is 0 Å². The molecule has 1 heterocycles. The van der Waals surface area contributed by atoms with E-state index >= 15 is 0 Å². The van der Waals surface area contributed by atoms with Gasteiger partial charge in [0, 0.05) is 6.54 Å². The number of benzene rings is 1. The molecule has 16 heavy (non-hydrogen) atoms. The molecule has 1 aliphatic rings. The SMILES string of the molecule is COc1ccccc1OC1CCCN(C)C1. The highest BCUT2D eigenvalue weighted by Crippen LogP contribution is 2.28. The standard InChI is InChI=1S/C13H19NO2/c1-14-9-5-6-11(10-14)16-13-8-4-3-7-12(13)15-2/h3-4,7-8,11H,5-6,9-10H2,1-2H3. The van der Waals surface area contributed by atoms with E-state index < -0.39 is 0 Å². The van der Waals surface area contributed by atoms with Crippen LogP contribution < -0.4 is 9.47 Å². The highest BCUT2D eigenvalue weighted by atomic mass is 16.5. The van der Waals surface area contributed by atoms with E-state index in [0.717, 1.165) is 24.5 Å². The number of nitrogens with zero attached hydrogens (tertiary/aromatic N) is 1. The summed E-state index contributed by atoms with van der Waals surface area (Å²) < 4.78 is 11.3. The number of likely N-dealkylation sites (tertiary alicyclic amines) is 1. The molecule has 1 fully saturated rings. The summed E-state index contributed by atoms with van der Waals surface area (Å²) in [4.78, 5) is 2.31. The van der Waals surface area contributed by atoms with Crippen molar-refractivity contribution in [2.24, 2.45) is 0 Å². The van der Waals surface area contributed by atoms with Crippen molar-refractivity contribution in [3.63, 3.8) is 0 Å². The van der Waals surface area contributed by atoms with E-state index in [9.17, 15) is 0 Å². The Morgan fingerprint density at radius 2 is 2.00 bits per heavy atom. The Labute approximate surface area is 97.0 Å². The van der Waals surface area contributed by atoms with Crippen LogP contribution in [0.3, 0.4) is 0 Å². The number of hydrogen-bond donors (Lipinski definition) is 0. The van der Waals surface area contributed by atoms with Gasteiger partial charge in [0.1, 0.15) is 6.10 Å². The molecule has 0 bridgehead atoms. The van der Waals surface area contributed by atoms with E-state index in [1.807, 2.05) is 24.3 Å². The van der Waals surface area contributed by atoms with E-state index in [1.165, 1.54) is 13.0 Å². The maximum Gasteiger partial charge on any atom is 0.161 e. The first-order chi connectivity index (χ1) is 7.79. The molecule has 1 aromatic rings. The first-order valence-corrected chi connectivity index (χ1v) is 5.78. The monoisotopic (exact) mass is 221 g/mol. The smallest absolute Gasteiger partial charge is 0.161 e. The molecule has 1 saturated heterocycles. The average molecular weight is 221 g/mol. The van der Waals surface area contributed by atoms with Crippen LogP contribution in [0.1, 0.15) is 12.8 Å². The van der Waals surface area contributed by atoms with Crippen LogP contribution in [0, 0.1) is 0 Å². The van der Waals surface area contributed by atoms with Gasteiger partial charge in [-0.3, -0.25) is 0 Å². The minimum Gasteiger partial charge on any atom is -0.493 e. The molecule has 0 amide bonds. The van der Waals surface area contributed by atoms with Gasteiger partial charge in [0.05, 0.1) is 7.11 Å². The lowest BCUT2D eigenvalue weighted by Crippen LogP contribution is -2.38. The van der Waals surface area contributed by atoms with Crippen molar-refractivity contribution in [1.29, 1.82) is 0 Å². The predicted octanol–water partition coefficient (Wildman–Crippen LogP) is 2.17. The summed E-state index contributed by atoms with van der Waals surface area (Å²) in [6.45, 7) is 2.17. The molecule has 0 N–H and O–H groups in total. The van der Waals surface area contributed by atoms with Crippen LogP contribution in [-0.2, 0) is 0 Å². The number of piperidine rings is 1. The van der Waals surface area contributed by atoms with Gasteiger partial charge in [0.15, 0.2) is 11.5 Å². The summed E-state index contributed by atoms with van der Waals surface area (Å²) in [7, 11) is 3.81. The first-order valence-electron chi connectivity index (χ1n) is 5.78. The molecule has 1 unspecified atom stereocenters. The second kappa shape index (κ2) is 5.21. The lowest BCUT2D eigenvalue weighted by atomic mass is 10.1. The quantitative estimate of drug-likeness (QED) is 0.780. The number of likely N-dealkylation sites (N-methyl/N-ethyl adjacent to an activating group) is 1. The van der Waals surface area contributed by atoms with Crippen LogP contribution in [0.4, 0.5) is 0 Å². The zero-order valence-corrected chi connectivity index (χ0v) is 9.98. The van der Waals surface area contributed by atoms with E-state index in [2.05, 4.69) is 11.9 Å². The summed E-state index contributed by atoms with van der Waals surface area (Å²) >= 11 is 0. The Balaban J connectivity index is 2.02. The Kier molecular flexibility index (Phi) is 3.67. The minimum atomic E-state index is 0.287. The summed E-state index contributed by atoms with van der Waals surface area (Å²) in [5.41, 5.74) is 0. The normalized spacial score (nSPS) is 21.8. The van der Waals surface area contributed by atoms with Crippen LogP contribution in [0.5, 0.6) is 11.5 Å². The molecule has 88 valence electrons. The molecule has 0 aromatic heterocycles. The number of methoxy groups -OCH3 is 1. The number of para-hydroxylation sites is 2. The molecular weight excluding hydrogens is 202 g/mol. The van der Waals surface area contributed by atoms with E-state index in [-0.39, 0.29) is 6.10 Å². The van der Waals surface area contributed by atoms with Gasteiger partial charge in [0.2, 0.25) is 0 Å². The topological polar surface area (TPSA) is 21.7 Å². The fourth-order valence-electron chi connectivity index (χ4n) is 2.11. The third kappa shape index (κ3) is 2.67. The zero-order valence-electron chi connectivity index (χ0n) is 9.98. The Morgan fingerprint density at radius 1 is 1.25 bits per heavy atom. The Bertz CT molecular complexity index is 340. The minimum absolute atomic E-state index is 0.287. The zero-order chi connectivity index (χ0) is 11.4. The molecule has 1 aliphatic heterocycles. The van der Waals surface area contributed by atoms with Crippen LogP contribution in [0.15, 0.2) is 24.3 Å². The van der Waals surface area contributed by atoms with Crippen molar-refractivity contribution in [3.8, 4) is 11.5 Å². The molecule has 3 heteroatoms. The van der Waals surface area contributed by atoms with Crippen molar-refractivity contribution in [1.82, 2.24) is 4.90 Å². The van der Waals surface area contributed by atoms with E-state index in [1.54, 1.807) is 7.11 Å². The van der Waals surface area contributed by atoms with Crippen LogP contribution >= 0.6 is 0 Å².